The number of aliphatic carboxylic acids is 1. The van der Waals surface area contributed by atoms with Crippen molar-refractivity contribution in [3.8, 4) is 5.75 Å². The van der Waals surface area contributed by atoms with E-state index in [9.17, 15) is 19.1 Å². The summed E-state index contributed by atoms with van der Waals surface area (Å²) >= 11 is 0. The highest BCUT2D eigenvalue weighted by Gasteiger charge is 2.31. The molecule has 6 nitrogen and oxygen atoms in total. The number of nitrogens with zero attached hydrogens (tertiary/aromatic N) is 2. The van der Waals surface area contributed by atoms with E-state index >= 15 is 0 Å². The average molecular weight is 324 g/mol. The predicted octanol–water partition coefficient (Wildman–Crippen LogP) is 1.51. The molecule has 1 N–H and O–H groups in total. The summed E-state index contributed by atoms with van der Waals surface area (Å²) in [7, 11) is 1.45. The van der Waals surface area contributed by atoms with Crippen molar-refractivity contribution >= 4 is 11.9 Å². The zero-order chi connectivity index (χ0) is 17.0. The lowest BCUT2D eigenvalue weighted by molar-refractivity contribution is -0.143. The van der Waals surface area contributed by atoms with Crippen molar-refractivity contribution in [1.29, 1.82) is 0 Å². The molecule has 126 valence electrons. The van der Waals surface area contributed by atoms with Crippen LogP contribution < -0.4 is 4.74 Å². The Bertz CT molecular complexity index is 593. The second-order valence-corrected chi connectivity index (χ2v) is 5.52. The molecule has 0 spiro atoms. The first kappa shape index (κ1) is 17.2. The van der Waals surface area contributed by atoms with E-state index in [1.54, 1.807) is 9.80 Å². The second-order valence-electron chi connectivity index (χ2n) is 5.52. The number of carbonyl (C=O) groups is 2. The molecule has 1 saturated heterocycles. The number of rotatable bonds is 4. The van der Waals surface area contributed by atoms with Crippen LogP contribution in [-0.4, -0.2) is 60.1 Å². The highest BCUT2D eigenvalue weighted by molar-refractivity contribution is 5.76. The maximum absolute atomic E-state index is 14.2. The third-order valence-electron chi connectivity index (χ3n) is 4.07. The summed E-state index contributed by atoms with van der Waals surface area (Å²) in [6, 6.07) is 2.99. The molecular weight excluding hydrogens is 303 g/mol. The van der Waals surface area contributed by atoms with Gasteiger partial charge in [-0.2, -0.15) is 0 Å². The van der Waals surface area contributed by atoms with Crippen LogP contribution in [0.15, 0.2) is 18.2 Å². The van der Waals surface area contributed by atoms with Crippen molar-refractivity contribution in [1.82, 2.24) is 9.80 Å². The van der Waals surface area contributed by atoms with Gasteiger partial charge < -0.3 is 14.7 Å². The van der Waals surface area contributed by atoms with E-state index in [4.69, 9.17) is 4.74 Å². The molecule has 1 heterocycles. The predicted molar refractivity (Wildman–Crippen MR) is 81.8 cm³/mol. The number of ether oxygens (including phenoxy) is 1. The molecule has 1 atom stereocenters. The van der Waals surface area contributed by atoms with Crippen molar-refractivity contribution in [2.75, 3.05) is 33.3 Å². The first-order valence-corrected chi connectivity index (χ1v) is 7.50. The van der Waals surface area contributed by atoms with Gasteiger partial charge in [-0.05, 0) is 24.6 Å². The van der Waals surface area contributed by atoms with Gasteiger partial charge in [0.1, 0.15) is 17.6 Å². The van der Waals surface area contributed by atoms with Gasteiger partial charge in [0.05, 0.1) is 7.11 Å². The topological polar surface area (TPSA) is 70.1 Å². The van der Waals surface area contributed by atoms with Crippen LogP contribution in [0.4, 0.5) is 4.39 Å². The molecule has 2 rings (SSSR count). The zero-order valence-corrected chi connectivity index (χ0v) is 13.3. The van der Waals surface area contributed by atoms with Crippen LogP contribution in [0.1, 0.15) is 24.9 Å². The minimum atomic E-state index is -1.12. The highest BCUT2D eigenvalue weighted by atomic mass is 19.1. The monoisotopic (exact) mass is 324 g/mol. The molecule has 1 aromatic carbocycles. The SMILES string of the molecule is COc1ccc(F)c([C@@H](C(=O)O)N2CCCN(C(C)=O)CC2)c1. The van der Waals surface area contributed by atoms with E-state index < -0.39 is 17.8 Å². The molecule has 23 heavy (non-hydrogen) atoms. The van der Waals surface area contributed by atoms with E-state index in [1.807, 2.05) is 0 Å². The van der Waals surface area contributed by atoms with Gasteiger partial charge in [0.2, 0.25) is 5.91 Å². The summed E-state index contributed by atoms with van der Waals surface area (Å²) in [4.78, 5) is 26.6. The van der Waals surface area contributed by atoms with Gasteiger partial charge >= 0.3 is 5.97 Å². The molecular formula is C16H21FN2O4. The largest absolute Gasteiger partial charge is 0.497 e. The standard InChI is InChI=1S/C16H21FN2O4/c1-11(20)18-6-3-7-19(9-8-18)15(16(21)22)13-10-12(23-2)4-5-14(13)17/h4-5,10,15H,3,6-9H2,1-2H3,(H,21,22)/t15-/m0/s1. The molecule has 1 amide bonds. The van der Waals surface area contributed by atoms with Gasteiger partial charge in [-0.3, -0.25) is 14.5 Å². The summed E-state index contributed by atoms with van der Waals surface area (Å²) in [6.45, 7) is 3.38. The van der Waals surface area contributed by atoms with Gasteiger partial charge in [0, 0.05) is 38.7 Å². The lowest BCUT2D eigenvalue weighted by Crippen LogP contribution is -2.38. The van der Waals surface area contributed by atoms with E-state index in [-0.39, 0.29) is 11.5 Å². The minimum Gasteiger partial charge on any atom is -0.497 e. The Kier molecular flexibility index (Phi) is 5.54. The summed E-state index contributed by atoms with van der Waals surface area (Å²) in [5, 5.41) is 9.60. The Morgan fingerprint density at radius 2 is 2.00 bits per heavy atom. The van der Waals surface area contributed by atoms with Crippen LogP contribution in [0.2, 0.25) is 0 Å². The third-order valence-corrected chi connectivity index (χ3v) is 4.07. The van der Waals surface area contributed by atoms with Gasteiger partial charge in [0.25, 0.3) is 0 Å². The maximum atomic E-state index is 14.2. The van der Waals surface area contributed by atoms with Crippen molar-refractivity contribution in [3.05, 3.63) is 29.6 Å². The number of carboxylic acid groups (broad SMARTS) is 1. The molecule has 7 heteroatoms. The molecule has 0 saturated carbocycles. The number of methoxy groups -OCH3 is 1. The molecule has 0 aromatic heterocycles. The zero-order valence-electron chi connectivity index (χ0n) is 13.3. The number of benzene rings is 1. The van der Waals surface area contributed by atoms with Gasteiger partial charge in [-0.15, -0.1) is 0 Å². The Balaban J connectivity index is 2.28. The van der Waals surface area contributed by atoms with Gasteiger partial charge in [0.15, 0.2) is 0 Å². The van der Waals surface area contributed by atoms with E-state index in [0.717, 1.165) is 0 Å². The molecule has 0 aliphatic carbocycles. The van der Waals surface area contributed by atoms with Crippen molar-refractivity contribution in [3.63, 3.8) is 0 Å². The first-order valence-electron chi connectivity index (χ1n) is 7.50. The summed E-state index contributed by atoms with van der Waals surface area (Å²) in [6.07, 6.45) is 0.648. The average Bonchev–Trinajstić information content (AvgIpc) is 2.75. The van der Waals surface area contributed by atoms with Crippen molar-refractivity contribution in [2.24, 2.45) is 0 Å². The first-order chi connectivity index (χ1) is 10.9. The molecule has 0 radical (unpaired) electrons. The lowest BCUT2D eigenvalue weighted by atomic mass is 10.0. The quantitative estimate of drug-likeness (QED) is 0.909. The Labute approximate surface area is 134 Å². The number of hydrogen-bond acceptors (Lipinski definition) is 4. The van der Waals surface area contributed by atoms with Crippen LogP contribution in [0.3, 0.4) is 0 Å². The number of carbonyl (C=O) groups excluding carboxylic acids is 1. The summed E-state index contributed by atoms with van der Waals surface area (Å²) in [5.41, 5.74) is 0.0770. The van der Waals surface area contributed by atoms with Gasteiger partial charge in [-0.25, -0.2) is 4.39 Å². The van der Waals surface area contributed by atoms with Gasteiger partial charge in [-0.1, -0.05) is 0 Å². The molecule has 0 bridgehead atoms. The maximum Gasteiger partial charge on any atom is 0.325 e. The molecule has 1 aliphatic rings. The molecule has 0 unspecified atom stereocenters. The fraction of sp³-hybridized carbons (Fsp3) is 0.500. The van der Waals surface area contributed by atoms with Crippen LogP contribution >= 0.6 is 0 Å². The van der Waals surface area contributed by atoms with Crippen molar-refractivity contribution < 1.29 is 23.8 Å². The minimum absolute atomic E-state index is 0.0358. The summed E-state index contributed by atoms with van der Waals surface area (Å²) in [5.74, 6) is -1.32. The second kappa shape index (κ2) is 7.41. The number of amides is 1. The third kappa shape index (κ3) is 3.98. The van der Waals surface area contributed by atoms with E-state index in [1.165, 1.54) is 32.2 Å². The van der Waals surface area contributed by atoms with E-state index in [2.05, 4.69) is 0 Å². The van der Waals surface area contributed by atoms with Crippen LogP contribution in [0, 0.1) is 5.82 Å². The van der Waals surface area contributed by atoms with Crippen LogP contribution in [0.25, 0.3) is 0 Å². The fourth-order valence-corrected chi connectivity index (χ4v) is 2.85. The Morgan fingerprint density at radius 1 is 1.26 bits per heavy atom. The van der Waals surface area contributed by atoms with E-state index in [0.29, 0.717) is 38.3 Å². The van der Waals surface area contributed by atoms with Crippen LogP contribution in [-0.2, 0) is 9.59 Å². The Morgan fingerprint density at radius 3 is 2.61 bits per heavy atom. The number of halogens is 1. The lowest BCUT2D eigenvalue weighted by Gasteiger charge is -2.28. The fourth-order valence-electron chi connectivity index (χ4n) is 2.85. The highest BCUT2D eigenvalue weighted by Crippen LogP contribution is 2.28. The Hall–Kier alpha value is -2.15. The summed E-state index contributed by atoms with van der Waals surface area (Å²) < 4.78 is 19.2. The molecule has 1 aromatic rings. The number of hydrogen-bond donors (Lipinski definition) is 1. The molecule has 1 aliphatic heterocycles. The smallest absolute Gasteiger partial charge is 0.325 e. The molecule has 1 fully saturated rings. The normalized spacial score (nSPS) is 17.4. The van der Waals surface area contributed by atoms with Crippen LogP contribution in [0.5, 0.6) is 5.75 Å². The number of carboxylic acids is 1. The van der Waals surface area contributed by atoms with Crippen molar-refractivity contribution in [2.45, 2.75) is 19.4 Å².